The van der Waals surface area contributed by atoms with Crippen molar-refractivity contribution in [1.82, 2.24) is 5.32 Å². The lowest BCUT2D eigenvalue weighted by molar-refractivity contribution is -0.129. The van der Waals surface area contributed by atoms with E-state index in [9.17, 15) is 14.4 Å². The summed E-state index contributed by atoms with van der Waals surface area (Å²) in [5.41, 5.74) is 0.147. The first-order valence-corrected chi connectivity index (χ1v) is 11.0. The molecule has 1 heterocycles. The molecule has 2 amide bonds. The maximum atomic E-state index is 12.9. The van der Waals surface area contributed by atoms with E-state index in [2.05, 4.69) is 10.6 Å². The summed E-state index contributed by atoms with van der Waals surface area (Å²) in [6.45, 7) is 2.08. The Bertz CT molecular complexity index is 965. The third-order valence-electron chi connectivity index (χ3n) is 5.68. The third kappa shape index (κ3) is 6.27. The maximum Gasteiger partial charge on any atom is 0.341 e. The van der Waals surface area contributed by atoms with Gasteiger partial charge in [-0.1, -0.05) is 19.3 Å². The number of rotatable bonds is 9. The molecule has 0 spiro atoms. The zero-order valence-electron chi connectivity index (χ0n) is 19.1. The molecule has 33 heavy (non-hydrogen) atoms. The van der Waals surface area contributed by atoms with Crippen molar-refractivity contribution in [3.63, 3.8) is 0 Å². The van der Waals surface area contributed by atoms with E-state index in [0.717, 1.165) is 12.8 Å². The highest BCUT2D eigenvalue weighted by atomic mass is 16.5. The van der Waals surface area contributed by atoms with Gasteiger partial charge in [0.2, 0.25) is 0 Å². The van der Waals surface area contributed by atoms with E-state index in [4.69, 9.17) is 18.6 Å². The van der Waals surface area contributed by atoms with Crippen molar-refractivity contribution in [2.45, 2.75) is 45.1 Å². The van der Waals surface area contributed by atoms with E-state index in [1.807, 2.05) is 0 Å². The molecule has 3 rings (SSSR count). The summed E-state index contributed by atoms with van der Waals surface area (Å²) in [6.07, 6.45) is 6.14. The van der Waals surface area contributed by atoms with Gasteiger partial charge in [0, 0.05) is 18.7 Å². The second kappa shape index (κ2) is 11.4. The van der Waals surface area contributed by atoms with Gasteiger partial charge in [-0.3, -0.25) is 9.59 Å². The van der Waals surface area contributed by atoms with Crippen molar-refractivity contribution in [3.8, 4) is 11.5 Å². The first-order chi connectivity index (χ1) is 15.9. The highest BCUT2D eigenvalue weighted by Gasteiger charge is 2.25. The summed E-state index contributed by atoms with van der Waals surface area (Å²) in [4.78, 5) is 37.9. The molecule has 1 aromatic heterocycles. The molecule has 0 saturated heterocycles. The maximum absolute atomic E-state index is 12.9. The zero-order valence-corrected chi connectivity index (χ0v) is 19.1. The SMILES string of the molecule is COc1cc(NC(=O)c2ccco2)c(C(=O)OC(C)C(=O)NCC2CCCCC2)cc1OC. The van der Waals surface area contributed by atoms with Crippen molar-refractivity contribution in [3.05, 3.63) is 41.9 Å². The Morgan fingerprint density at radius 3 is 2.42 bits per heavy atom. The fraction of sp³-hybridized carbons (Fsp3) is 0.458. The predicted molar refractivity (Wildman–Crippen MR) is 121 cm³/mol. The fourth-order valence-electron chi connectivity index (χ4n) is 3.80. The van der Waals surface area contributed by atoms with E-state index in [1.54, 1.807) is 6.07 Å². The second-order valence-electron chi connectivity index (χ2n) is 7.98. The third-order valence-corrected chi connectivity index (χ3v) is 5.68. The van der Waals surface area contributed by atoms with Gasteiger partial charge in [-0.15, -0.1) is 0 Å². The van der Waals surface area contributed by atoms with Crippen LogP contribution in [-0.4, -0.2) is 44.7 Å². The Kier molecular flexibility index (Phi) is 8.34. The minimum atomic E-state index is -1.01. The van der Waals surface area contributed by atoms with Crippen LogP contribution in [0.5, 0.6) is 11.5 Å². The molecule has 1 aromatic carbocycles. The van der Waals surface area contributed by atoms with Crippen molar-refractivity contribution >= 4 is 23.5 Å². The van der Waals surface area contributed by atoms with Crippen LogP contribution in [0, 0.1) is 5.92 Å². The van der Waals surface area contributed by atoms with Crippen molar-refractivity contribution in [1.29, 1.82) is 0 Å². The second-order valence-corrected chi connectivity index (χ2v) is 7.98. The number of ether oxygens (including phenoxy) is 3. The number of hydrogen-bond donors (Lipinski definition) is 2. The summed E-state index contributed by atoms with van der Waals surface area (Å²) >= 11 is 0. The summed E-state index contributed by atoms with van der Waals surface area (Å²) in [5.74, 6) is -0.600. The standard InChI is InChI=1S/C24H30N2O7/c1-15(22(27)25-14-16-8-5-4-6-9-16)33-24(29)17-12-20(30-2)21(31-3)13-18(17)26-23(28)19-10-7-11-32-19/h7,10-13,15-16H,4-6,8-9,14H2,1-3H3,(H,25,27)(H,26,28). The molecular formula is C24H30N2O7. The Morgan fingerprint density at radius 1 is 1.09 bits per heavy atom. The van der Waals surface area contributed by atoms with E-state index in [-0.39, 0.29) is 28.7 Å². The minimum Gasteiger partial charge on any atom is -0.493 e. The molecule has 1 saturated carbocycles. The fourth-order valence-corrected chi connectivity index (χ4v) is 3.80. The molecule has 1 aliphatic rings. The topological polar surface area (TPSA) is 116 Å². The molecule has 1 aliphatic carbocycles. The molecule has 1 fully saturated rings. The van der Waals surface area contributed by atoms with Crippen molar-refractivity contribution < 1.29 is 33.0 Å². The number of carbonyl (C=O) groups is 3. The van der Waals surface area contributed by atoms with Crippen LogP contribution in [0.15, 0.2) is 34.9 Å². The predicted octanol–water partition coefficient (Wildman–Crippen LogP) is 3.79. The first kappa shape index (κ1) is 24.2. The highest BCUT2D eigenvalue weighted by molar-refractivity contribution is 6.07. The quantitative estimate of drug-likeness (QED) is 0.549. The van der Waals surface area contributed by atoms with E-state index >= 15 is 0 Å². The molecule has 1 atom stereocenters. The summed E-state index contributed by atoms with van der Waals surface area (Å²) in [6, 6.07) is 5.91. The van der Waals surface area contributed by atoms with E-state index in [1.165, 1.54) is 64.9 Å². The van der Waals surface area contributed by atoms with Crippen molar-refractivity contribution in [2.75, 3.05) is 26.1 Å². The molecule has 0 aliphatic heterocycles. The summed E-state index contributed by atoms with van der Waals surface area (Å²) < 4.78 is 21.1. The van der Waals surface area contributed by atoms with Crippen LogP contribution in [0.2, 0.25) is 0 Å². The van der Waals surface area contributed by atoms with E-state index < -0.39 is 18.0 Å². The minimum absolute atomic E-state index is 0.0134. The van der Waals surface area contributed by atoms with Gasteiger partial charge in [-0.25, -0.2) is 4.79 Å². The Hall–Kier alpha value is -3.49. The van der Waals surface area contributed by atoms with Gasteiger partial charge in [-0.05, 0) is 37.8 Å². The molecule has 2 aromatic rings. The average molecular weight is 459 g/mol. The van der Waals surface area contributed by atoms with Crippen LogP contribution in [0.3, 0.4) is 0 Å². The number of benzene rings is 1. The number of hydrogen-bond acceptors (Lipinski definition) is 7. The van der Waals surface area contributed by atoms with Gasteiger partial charge in [0.1, 0.15) is 0 Å². The highest BCUT2D eigenvalue weighted by Crippen LogP contribution is 2.34. The molecule has 0 radical (unpaired) electrons. The molecule has 9 nitrogen and oxygen atoms in total. The van der Waals surface area contributed by atoms with Gasteiger partial charge in [0.15, 0.2) is 23.4 Å². The molecule has 1 unspecified atom stereocenters. The lowest BCUT2D eigenvalue weighted by Gasteiger charge is -2.23. The smallest absolute Gasteiger partial charge is 0.341 e. The molecule has 0 bridgehead atoms. The van der Waals surface area contributed by atoms with Crippen LogP contribution in [0.4, 0.5) is 5.69 Å². The lowest BCUT2D eigenvalue weighted by Crippen LogP contribution is -2.38. The lowest BCUT2D eigenvalue weighted by atomic mass is 9.89. The normalized spacial score (nSPS) is 14.8. The molecule has 178 valence electrons. The largest absolute Gasteiger partial charge is 0.493 e. The van der Waals surface area contributed by atoms with E-state index in [0.29, 0.717) is 18.2 Å². The van der Waals surface area contributed by atoms with Gasteiger partial charge >= 0.3 is 5.97 Å². The number of furan rings is 1. The van der Waals surface area contributed by atoms with Gasteiger partial charge in [0.05, 0.1) is 31.7 Å². The number of anilines is 1. The molecule has 2 N–H and O–H groups in total. The van der Waals surface area contributed by atoms with Gasteiger partial charge in [-0.2, -0.15) is 0 Å². The first-order valence-electron chi connectivity index (χ1n) is 11.0. The Balaban J connectivity index is 1.72. The Morgan fingerprint density at radius 2 is 1.79 bits per heavy atom. The number of carbonyl (C=O) groups excluding carboxylic acids is 3. The van der Waals surface area contributed by atoms with Crippen LogP contribution in [-0.2, 0) is 9.53 Å². The number of amides is 2. The molecule has 9 heteroatoms. The number of methoxy groups -OCH3 is 2. The van der Waals surface area contributed by atoms with Crippen LogP contribution >= 0.6 is 0 Å². The van der Waals surface area contributed by atoms with Gasteiger partial charge < -0.3 is 29.3 Å². The number of nitrogens with one attached hydrogen (secondary N) is 2. The monoisotopic (exact) mass is 458 g/mol. The zero-order chi connectivity index (χ0) is 23.8. The van der Waals surface area contributed by atoms with Gasteiger partial charge in [0.25, 0.3) is 11.8 Å². The van der Waals surface area contributed by atoms with Crippen LogP contribution < -0.4 is 20.1 Å². The number of esters is 1. The summed E-state index contributed by atoms with van der Waals surface area (Å²) in [7, 11) is 2.86. The molecular weight excluding hydrogens is 428 g/mol. The Labute approximate surface area is 192 Å². The van der Waals surface area contributed by atoms with Crippen molar-refractivity contribution in [2.24, 2.45) is 5.92 Å². The van der Waals surface area contributed by atoms with Crippen LogP contribution in [0.25, 0.3) is 0 Å². The average Bonchev–Trinajstić information content (AvgIpc) is 3.38. The summed E-state index contributed by atoms with van der Waals surface area (Å²) in [5, 5.41) is 5.49. The van der Waals surface area contributed by atoms with Crippen LogP contribution in [0.1, 0.15) is 59.9 Å².